The Morgan fingerprint density at radius 2 is 1.17 bits per heavy atom. The third-order valence-electron chi connectivity index (χ3n) is 6.27. The van der Waals surface area contributed by atoms with Gasteiger partial charge in [-0.15, -0.1) is 0 Å². The average molecular weight is 417 g/mol. The molecule has 5 fully saturated rings. The highest BCUT2D eigenvalue weighted by Gasteiger charge is 2.41. The number of aliphatic hydroxyl groups is 1. The Labute approximate surface area is 175 Å². The summed E-state index contributed by atoms with van der Waals surface area (Å²) in [4.78, 5) is 0. The molecule has 7 nitrogen and oxygen atoms in total. The average Bonchev–Trinajstić information content (AvgIpc) is 3.52. The topological polar surface area (TPSA) is 75.6 Å². The van der Waals surface area contributed by atoms with Crippen molar-refractivity contribution in [2.24, 2.45) is 0 Å². The van der Waals surface area contributed by atoms with Crippen molar-refractivity contribution in [1.82, 2.24) is 0 Å². The predicted octanol–water partition coefficient (Wildman–Crippen LogP) is 3.17. The lowest BCUT2D eigenvalue weighted by atomic mass is 9.92. The minimum Gasteiger partial charge on any atom is -0.393 e. The molecule has 0 aromatic carbocycles. The fourth-order valence-corrected chi connectivity index (χ4v) is 4.56. The predicted molar refractivity (Wildman–Crippen MR) is 108 cm³/mol. The summed E-state index contributed by atoms with van der Waals surface area (Å²) in [5.41, 5.74) is 0. The fraction of sp³-hybridized carbons (Fsp3) is 1.00. The maximum Gasteiger partial charge on any atom is 0.168 e. The first-order chi connectivity index (χ1) is 14.2. The molecule has 2 aliphatic carbocycles. The molecule has 3 aliphatic heterocycles. The quantitative estimate of drug-likeness (QED) is 0.741. The van der Waals surface area contributed by atoms with Crippen LogP contribution >= 0.6 is 0 Å². The van der Waals surface area contributed by atoms with E-state index in [2.05, 4.69) is 0 Å². The first-order valence-electron chi connectivity index (χ1n) is 11.6. The van der Waals surface area contributed by atoms with Gasteiger partial charge in [0.15, 0.2) is 11.6 Å². The standard InChI is InChI=1S/C10H18O3.C8H14O3.C4H8O/c1-2-11-9-3-5-10(6-4-9)12-7-8-13-10;9-7-1-3-8(4-2-7)10-5-6-11-8;1-2-4-5-3-1/h9H,2-8H2,1H3;7,9H,1-6H2;1-4H2. The maximum absolute atomic E-state index is 9.24. The van der Waals surface area contributed by atoms with Crippen LogP contribution in [0.4, 0.5) is 0 Å². The van der Waals surface area contributed by atoms with Crippen LogP contribution in [0.3, 0.4) is 0 Å². The molecule has 3 heterocycles. The van der Waals surface area contributed by atoms with Gasteiger partial charge in [0.05, 0.1) is 38.6 Å². The van der Waals surface area contributed by atoms with E-state index in [1.165, 1.54) is 12.8 Å². The molecule has 170 valence electrons. The molecule has 29 heavy (non-hydrogen) atoms. The van der Waals surface area contributed by atoms with E-state index in [4.69, 9.17) is 28.4 Å². The summed E-state index contributed by atoms with van der Waals surface area (Å²) in [5, 5.41) is 9.24. The van der Waals surface area contributed by atoms with Crippen LogP contribution in [-0.4, -0.2) is 75.1 Å². The van der Waals surface area contributed by atoms with E-state index in [9.17, 15) is 5.11 Å². The molecule has 0 amide bonds. The van der Waals surface area contributed by atoms with Gasteiger partial charge in [-0.25, -0.2) is 0 Å². The Hall–Kier alpha value is -0.280. The lowest BCUT2D eigenvalue weighted by Crippen LogP contribution is -2.37. The summed E-state index contributed by atoms with van der Waals surface area (Å²) in [6.07, 6.45) is 10.4. The van der Waals surface area contributed by atoms with Crippen LogP contribution in [0.5, 0.6) is 0 Å². The summed E-state index contributed by atoms with van der Waals surface area (Å²) in [5.74, 6) is -0.535. The number of aliphatic hydroxyl groups excluding tert-OH is 1. The molecule has 2 spiro atoms. The van der Waals surface area contributed by atoms with Crippen molar-refractivity contribution in [1.29, 1.82) is 0 Å². The highest BCUT2D eigenvalue weighted by atomic mass is 16.7. The molecule has 0 radical (unpaired) electrons. The maximum atomic E-state index is 9.24. The fourth-order valence-electron chi connectivity index (χ4n) is 4.56. The second kappa shape index (κ2) is 11.9. The van der Waals surface area contributed by atoms with Gasteiger partial charge in [-0.1, -0.05) is 0 Å². The van der Waals surface area contributed by atoms with E-state index in [1.807, 2.05) is 6.92 Å². The Morgan fingerprint density at radius 1 is 0.724 bits per heavy atom. The monoisotopic (exact) mass is 416 g/mol. The molecule has 0 bridgehead atoms. The van der Waals surface area contributed by atoms with E-state index in [-0.39, 0.29) is 17.7 Å². The minimum absolute atomic E-state index is 0.131. The van der Waals surface area contributed by atoms with Crippen molar-refractivity contribution in [2.75, 3.05) is 46.2 Å². The second-order valence-electron chi connectivity index (χ2n) is 8.42. The zero-order valence-electron chi connectivity index (χ0n) is 18.1. The Kier molecular flexibility index (Phi) is 9.62. The molecule has 1 N–H and O–H groups in total. The Balaban J connectivity index is 0.000000136. The van der Waals surface area contributed by atoms with E-state index in [1.54, 1.807) is 0 Å². The van der Waals surface area contributed by atoms with Gasteiger partial charge in [-0.2, -0.15) is 0 Å². The summed E-state index contributed by atoms with van der Waals surface area (Å²) in [6, 6.07) is 0. The van der Waals surface area contributed by atoms with Crippen LogP contribution in [0.2, 0.25) is 0 Å². The van der Waals surface area contributed by atoms with Gasteiger partial charge in [0.2, 0.25) is 0 Å². The molecule has 0 aromatic rings. The summed E-state index contributed by atoms with van der Waals surface area (Å²) in [7, 11) is 0. The van der Waals surface area contributed by atoms with Crippen LogP contribution in [0.1, 0.15) is 71.1 Å². The third-order valence-corrected chi connectivity index (χ3v) is 6.27. The molecular weight excluding hydrogens is 376 g/mol. The minimum atomic E-state index is -0.306. The van der Waals surface area contributed by atoms with Gasteiger partial charge in [0, 0.05) is 45.5 Å². The van der Waals surface area contributed by atoms with Crippen LogP contribution in [0, 0.1) is 0 Å². The number of hydrogen-bond acceptors (Lipinski definition) is 7. The van der Waals surface area contributed by atoms with Gasteiger partial charge in [-0.3, -0.25) is 0 Å². The number of hydrogen-bond donors (Lipinski definition) is 1. The zero-order chi connectivity index (χ0) is 20.4. The smallest absolute Gasteiger partial charge is 0.168 e. The molecule has 5 aliphatic rings. The van der Waals surface area contributed by atoms with Crippen molar-refractivity contribution < 1.29 is 33.5 Å². The van der Waals surface area contributed by atoms with Crippen LogP contribution in [0.25, 0.3) is 0 Å². The van der Waals surface area contributed by atoms with Crippen LogP contribution in [0.15, 0.2) is 0 Å². The van der Waals surface area contributed by atoms with Gasteiger partial charge in [-0.05, 0) is 45.4 Å². The van der Waals surface area contributed by atoms with Crippen LogP contribution in [-0.2, 0) is 28.4 Å². The second-order valence-corrected chi connectivity index (χ2v) is 8.42. The largest absolute Gasteiger partial charge is 0.393 e. The van der Waals surface area contributed by atoms with E-state index < -0.39 is 0 Å². The Bertz CT molecular complexity index is 415. The zero-order valence-corrected chi connectivity index (χ0v) is 18.1. The molecule has 2 saturated carbocycles. The number of ether oxygens (including phenoxy) is 6. The molecular formula is C22H40O7. The summed E-state index contributed by atoms with van der Waals surface area (Å²) < 4.78 is 32.8. The van der Waals surface area contributed by atoms with Crippen molar-refractivity contribution >= 4 is 0 Å². The SMILES string of the molecule is C1CCOC1.CCOC1CCC2(CC1)OCCO2.OC1CCC2(CC1)OCCO2. The molecule has 3 saturated heterocycles. The van der Waals surface area contributed by atoms with Crippen molar-refractivity contribution in [3.8, 4) is 0 Å². The Morgan fingerprint density at radius 3 is 1.55 bits per heavy atom. The highest BCUT2D eigenvalue weighted by Crippen LogP contribution is 2.37. The van der Waals surface area contributed by atoms with Gasteiger partial charge >= 0.3 is 0 Å². The lowest BCUT2D eigenvalue weighted by molar-refractivity contribution is -0.191. The van der Waals surface area contributed by atoms with Crippen molar-refractivity contribution in [2.45, 2.75) is 94.9 Å². The third kappa shape index (κ3) is 7.42. The normalized spacial score (nSPS) is 30.6. The molecule has 0 atom stereocenters. The molecule has 5 rings (SSSR count). The van der Waals surface area contributed by atoms with E-state index in [0.717, 1.165) is 97.6 Å². The molecule has 0 unspecified atom stereocenters. The highest BCUT2D eigenvalue weighted by molar-refractivity contribution is 4.83. The lowest BCUT2D eigenvalue weighted by Gasteiger charge is -2.35. The van der Waals surface area contributed by atoms with E-state index in [0.29, 0.717) is 6.10 Å². The first kappa shape index (κ1) is 23.4. The van der Waals surface area contributed by atoms with Crippen molar-refractivity contribution in [3.05, 3.63) is 0 Å². The number of rotatable bonds is 2. The summed E-state index contributed by atoms with van der Waals surface area (Å²) >= 11 is 0. The van der Waals surface area contributed by atoms with Gasteiger partial charge < -0.3 is 33.5 Å². The molecule has 7 heteroatoms. The van der Waals surface area contributed by atoms with Gasteiger partial charge in [0.1, 0.15) is 0 Å². The first-order valence-corrected chi connectivity index (χ1v) is 11.6. The van der Waals surface area contributed by atoms with E-state index >= 15 is 0 Å². The van der Waals surface area contributed by atoms with Gasteiger partial charge in [0.25, 0.3) is 0 Å². The molecule has 0 aromatic heterocycles. The van der Waals surface area contributed by atoms with Crippen LogP contribution < -0.4 is 0 Å². The van der Waals surface area contributed by atoms with Crippen molar-refractivity contribution in [3.63, 3.8) is 0 Å². The summed E-state index contributed by atoms with van der Waals surface area (Å²) in [6.45, 7) is 7.83.